The maximum absolute atomic E-state index is 11.2. The van der Waals surface area contributed by atoms with Gasteiger partial charge in [0.2, 0.25) is 5.91 Å². The highest BCUT2D eigenvalue weighted by Gasteiger charge is 2.03. The third kappa shape index (κ3) is 3.69. The van der Waals surface area contributed by atoms with Crippen LogP contribution in [-0.4, -0.2) is 5.91 Å². The van der Waals surface area contributed by atoms with E-state index < -0.39 is 0 Å². The molecular weight excluding hydrogens is 258 g/mol. The van der Waals surface area contributed by atoms with Gasteiger partial charge in [-0.3, -0.25) is 4.79 Å². The molecule has 0 aliphatic rings. The lowest BCUT2D eigenvalue weighted by atomic mass is 10.3. The number of anilines is 1. The Morgan fingerprint density at radius 2 is 2.26 bits per heavy atom. The SMILES string of the molecule is C=CC(=O)Nc1cccc(Oc2csc(CC)c2)c1. The quantitative estimate of drug-likeness (QED) is 0.828. The predicted molar refractivity (Wildman–Crippen MR) is 79.0 cm³/mol. The first-order valence-electron chi connectivity index (χ1n) is 6.00. The predicted octanol–water partition coefficient (Wildman–Crippen LogP) is 4.23. The lowest BCUT2D eigenvalue weighted by molar-refractivity contribution is -0.111. The van der Waals surface area contributed by atoms with Crippen LogP contribution >= 0.6 is 11.3 Å². The van der Waals surface area contributed by atoms with E-state index in [1.165, 1.54) is 11.0 Å². The van der Waals surface area contributed by atoms with E-state index in [0.717, 1.165) is 12.2 Å². The minimum atomic E-state index is -0.235. The molecule has 1 N–H and O–H groups in total. The van der Waals surface area contributed by atoms with Crippen LogP contribution in [0.1, 0.15) is 11.8 Å². The minimum absolute atomic E-state index is 0.235. The molecule has 2 rings (SSSR count). The van der Waals surface area contributed by atoms with E-state index in [1.807, 2.05) is 23.6 Å². The van der Waals surface area contributed by atoms with Gasteiger partial charge in [0, 0.05) is 22.0 Å². The van der Waals surface area contributed by atoms with Crippen molar-refractivity contribution in [3.8, 4) is 11.5 Å². The van der Waals surface area contributed by atoms with Crippen molar-refractivity contribution in [2.45, 2.75) is 13.3 Å². The smallest absolute Gasteiger partial charge is 0.247 e. The van der Waals surface area contributed by atoms with Crippen molar-refractivity contribution < 1.29 is 9.53 Å². The van der Waals surface area contributed by atoms with Crippen molar-refractivity contribution in [3.63, 3.8) is 0 Å². The van der Waals surface area contributed by atoms with Crippen molar-refractivity contribution in [2.24, 2.45) is 0 Å². The van der Waals surface area contributed by atoms with Crippen LogP contribution in [0.5, 0.6) is 11.5 Å². The van der Waals surface area contributed by atoms with Gasteiger partial charge < -0.3 is 10.1 Å². The number of aryl methyl sites for hydroxylation is 1. The van der Waals surface area contributed by atoms with Crippen LogP contribution in [0.2, 0.25) is 0 Å². The van der Waals surface area contributed by atoms with Crippen molar-refractivity contribution in [2.75, 3.05) is 5.32 Å². The number of hydrogen-bond acceptors (Lipinski definition) is 3. The van der Waals surface area contributed by atoms with Gasteiger partial charge in [-0.2, -0.15) is 0 Å². The van der Waals surface area contributed by atoms with Crippen LogP contribution in [0.25, 0.3) is 0 Å². The van der Waals surface area contributed by atoms with Gasteiger partial charge in [-0.1, -0.05) is 19.6 Å². The molecule has 1 heterocycles. The van der Waals surface area contributed by atoms with E-state index in [0.29, 0.717) is 11.4 Å². The third-order valence-corrected chi connectivity index (χ3v) is 3.56. The van der Waals surface area contributed by atoms with Crippen molar-refractivity contribution in [3.05, 3.63) is 53.2 Å². The van der Waals surface area contributed by atoms with Gasteiger partial charge in [0.05, 0.1) is 0 Å². The average molecular weight is 273 g/mol. The topological polar surface area (TPSA) is 38.3 Å². The Balaban J connectivity index is 2.10. The lowest BCUT2D eigenvalue weighted by Gasteiger charge is -2.06. The van der Waals surface area contributed by atoms with Gasteiger partial charge >= 0.3 is 0 Å². The van der Waals surface area contributed by atoms with Crippen LogP contribution in [0.3, 0.4) is 0 Å². The first-order valence-corrected chi connectivity index (χ1v) is 6.88. The summed E-state index contributed by atoms with van der Waals surface area (Å²) in [6.07, 6.45) is 2.24. The summed E-state index contributed by atoms with van der Waals surface area (Å²) in [6.45, 7) is 5.53. The standard InChI is InChI=1S/C15H15NO2S/c1-3-14-9-13(10-19-14)18-12-7-5-6-11(8-12)16-15(17)4-2/h4-10H,2-3H2,1H3,(H,16,17). The molecule has 0 radical (unpaired) electrons. The number of carbonyl (C=O) groups excluding carboxylic acids is 1. The molecule has 1 aromatic carbocycles. The molecule has 0 bridgehead atoms. The summed E-state index contributed by atoms with van der Waals surface area (Å²) in [5.74, 6) is 1.29. The number of nitrogens with one attached hydrogen (secondary N) is 1. The first-order chi connectivity index (χ1) is 9.21. The molecule has 3 nitrogen and oxygen atoms in total. The first kappa shape index (κ1) is 13.4. The molecule has 4 heteroatoms. The molecule has 0 aliphatic carbocycles. The molecule has 1 amide bonds. The van der Waals surface area contributed by atoms with Crippen LogP contribution in [0, 0.1) is 0 Å². The van der Waals surface area contributed by atoms with Crippen molar-refractivity contribution in [1.82, 2.24) is 0 Å². The largest absolute Gasteiger partial charge is 0.456 e. The highest BCUT2D eigenvalue weighted by molar-refractivity contribution is 7.10. The molecule has 0 aliphatic heterocycles. The molecule has 0 fully saturated rings. The minimum Gasteiger partial charge on any atom is -0.456 e. The fourth-order valence-corrected chi connectivity index (χ4v) is 2.30. The summed E-state index contributed by atoms with van der Waals surface area (Å²) in [7, 11) is 0. The normalized spacial score (nSPS) is 9.95. The van der Waals surface area contributed by atoms with Gasteiger partial charge in [0.25, 0.3) is 0 Å². The van der Waals surface area contributed by atoms with Crippen molar-refractivity contribution >= 4 is 22.9 Å². The highest BCUT2D eigenvalue weighted by Crippen LogP contribution is 2.28. The fraction of sp³-hybridized carbons (Fsp3) is 0.133. The van der Waals surface area contributed by atoms with Crippen LogP contribution in [-0.2, 0) is 11.2 Å². The number of ether oxygens (including phenoxy) is 1. The molecule has 98 valence electrons. The van der Waals surface area contributed by atoms with E-state index in [9.17, 15) is 4.79 Å². The summed E-state index contributed by atoms with van der Waals surface area (Å²) >= 11 is 1.68. The van der Waals surface area contributed by atoms with E-state index in [4.69, 9.17) is 4.74 Å². The Labute approximate surface area is 116 Å². The van der Waals surface area contributed by atoms with Crippen LogP contribution in [0.15, 0.2) is 48.4 Å². The number of rotatable bonds is 5. The van der Waals surface area contributed by atoms with Crippen LogP contribution < -0.4 is 10.1 Å². The summed E-state index contributed by atoms with van der Waals surface area (Å²) in [5, 5.41) is 4.68. The van der Waals surface area contributed by atoms with E-state index >= 15 is 0 Å². The lowest BCUT2D eigenvalue weighted by Crippen LogP contribution is -2.06. The second-order valence-corrected chi connectivity index (χ2v) is 4.92. The molecule has 0 unspecified atom stereocenters. The molecular formula is C15H15NO2S. The van der Waals surface area contributed by atoms with E-state index in [-0.39, 0.29) is 5.91 Å². The zero-order valence-corrected chi connectivity index (χ0v) is 11.5. The second-order valence-electron chi connectivity index (χ2n) is 3.93. The zero-order valence-electron chi connectivity index (χ0n) is 10.7. The summed E-state index contributed by atoms with van der Waals surface area (Å²) in [4.78, 5) is 12.5. The summed E-state index contributed by atoms with van der Waals surface area (Å²) in [5.41, 5.74) is 0.688. The molecule has 0 saturated carbocycles. The van der Waals surface area contributed by atoms with Gasteiger partial charge in [-0.05, 0) is 30.7 Å². The summed E-state index contributed by atoms with van der Waals surface area (Å²) < 4.78 is 5.75. The Kier molecular flexibility index (Phi) is 4.36. The number of hydrogen-bond donors (Lipinski definition) is 1. The highest BCUT2D eigenvalue weighted by atomic mass is 32.1. The zero-order chi connectivity index (χ0) is 13.7. The fourth-order valence-electron chi connectivity index (χ4n) is 1.57. The molecule has 0 saturated heterocycles. The van der Waals surface area contributed by atoms with Crippen LogP contribution in [0.4, 0.5) is 5.69 Å². The Morgan fingerprint density at radius 3 is 2.95 bits per heavy atom. The number of carbonyl (C=O) groups is 1. The molecule has 2 aromatic rings. The van der Waals surface area contributed by atoms with E-state index in [2.05, 4.69) is 18.8 Å². The molecule has 1 aromatic heterocycles. The number of thiophene rings is 1. The molecule has 19 heavy (non-hydrogen) atoms. The summed E-state index contributed by atoms with van der Waals surface area (Å²) in [6, 6.07) is 9.30. The van der Waals surface area contributed by atoms with Gasteiger partial charge in [0.15, 0.2) is 0 Å². The maximum atomic E-state index is 11.2. The molecule has 0 spiro atoms. The maximum Gasteiger partial charge on any atom is 0.247 e. The molecule has 0 atom stereocenters. The monoisotopic (exact) mass is 273 g/mol. The number of amides is 1. The second kappa shape index (κ2) is 6.20. The Morgan fingerprint density at radius 1 is 1.42 bits per heavy atom. The average Bonchev–Trinajstić information content (AvgIpc) is 2.86. The van der Waals surface area contributed by atoms with E-state index in [1.54, 1.807) is 23.5 Å². The van der Waals surface area contributed by atoms with Gasteiger partial charge in [-0.25, -0.2) is 0 Å². The van der Waals surface area contributed by atoms with Gasteiger partial charge in [-0.15, -0.1) is 11.3 Å². The van der Waals surface area contributed by atoms with Crippen molar-refractivity contribution in [1.29, 1.82) is 0 Å². The number of benzene rings is 1. The van der Waals surface area contributed by atoms with Gasteiger partial charge in [0.1, 0.15) is 11.5 Å². The third-order valence-electron chi connectivity index (χ3n) is 2.50. The Bertz CT molecular complexity index is 589. The Hall–Kier alpha value is -2.07.